The summed E-state index contributed by atoms with van der Waals surface area (Å²) in [6.07, 6.45) is 3.91. The highest BCUT2D eigenvalue weighted by Crippen LogP contribution is 2.54. The van der Waals surface area contributed by atoms with E-state index in [1.165, 1.54) is 12.8 Å². The highest BCUT2D eigenvalue weighted by Gasteiger charge is 2.58. The summed E-state index contributed by atoms with van der Waals surface area (Å²) in [5.41, 5.74) is 0.852. The van der Waals surface area contributed by atoms with E-state index in [1.54, 1.807) is 0 Å². The van der Waals surface area contributed by atoms with E-state index in [9.17, 15) is 0 Å². The molecule has 1 N–H and O–H groups in total. The normalized spacial score (nSPS) is 41.2. The molecule has 2 rings (SSSR count). The standard InChI is InChI=1S/C14H27NO/c1-10(13(4)7-8-13)15-11-9-14(5,16-6)12(11,2)3/h10-11,15H,7-9H2,1-6H3. The average molecular weight is 225 g/mol. The van der Waals surface area contributed by atoms with Gasteiger partial charge in [-0.25, -0.2) is 0 Å². The Labute approximate surface area is 100 Å². The fourth-order valence-corrected chi connectivity index (χ4v) is 2.89. The Morgan fingerprint density at radius 1 is 1.19 bits per heavy atom. The van der Waals surface area contributed by atoms with Gasteiger partial charge in [-0.05, 0) is 38.5 Å². The van der Waals surface area contributed by atoms with Gasteiger partial charge in [0, 0.05) is 24.6 Å². The zero-order valence-corrected chi connectivity index (χ0v) is 11.7. The Balaban J connectivity index is 1.94. The van der Waals surface area contributed by atoms with Crippen LogP contribution >= 0.6 is 0 Å². The van der Waals surface area contributed by atoms with Gasteiger partial charge in [-0.3, -0.25) is 0 Å². The highest BCUT2D eigenvalue weighted by atomic mass is 16.5. The zero-order valence-electron chi connectivity index (χ0n) is 11.7. The summed E-state index contributed by atoms with van der Waals surface area (Å²) in [7, 11) is 1.84. The Kier molecular flexibility index (Phi) is 2.67. The molecular weight excluding hydrogens is 198 g/mol. The number of methoxy groups -OCH3 is 1. The minimum Gasteiger partial charge on any atom is -0.378 e. The molecule has 2 heteroatoms. The summed E-state index contributed by atoms with van der Waals surface area (Å²) in [5, 5.41) is 3.82. The molecule has 0 aromatic carbocycles. The Bertz CT molecular complexity index is 282. The second-order valence-electron chi connectivity index (χ2n) is 6.96. The fraction of sp³-hybridized carbons (Fsp3) is 1.00. The molecule has 2 nitrogen and oxygen atoms in total. The molecule has 0 aromatic rings. The van der Waals surface area contributed by atoms with Crippen LogP contribution in [0.25, 0.3) is 0 Å². The molecule has 94 valence electrons. The van der Waals surface area contributed by atoms with Crippen LogP contribution in [0.1, 0.15) is 53.9 Å². The van der Waals surface area contributed by atoms with Crippen molar-refractivity contribution in [2.24, 2.45) is 10.8 Å². The van der Waals surface area contributed by atoms with Gasteiger partial charge in [-0.15, -0.1) is 0 Å². The predicted molar refractivity (Wildman–Crippen MR) is 67.5 cm³/mol. The third kappa shape index (κ3) is 1.62. The van der Waals surface area contributed by atoms with Crippen LogP contribution in [0.2, 0.25) is 0 Å². The van der Waals surface area contributed by atoms with Crippen LogP contribution in [0, 0.1) is 10.8 Å². The number of hydrogen-bond acceptors (Lipinski definition) is 2. The second kappa shape index (κ2) is 3.46. The molecule has 0 bridgehead atoms. The van der Waals surface area contributed by atoms with Crippen LogP contribution in [-0.2, 0) is 4.74 Å². The minimum atomic E-state index is 0.0504. The minimum absolute atomic E-state index is 0.0504. The SMILES string of the molecule is COC1(C)CC(NC(C)C2(C)CC2)C1(C)C. The van der Waals surface area contributed by atoms with Gasteiger partial charge < -0.3 is 10.1 Å². The number of ether oxygens (including phenoxy) is 1. The lowest BCUT2D eigenvalue weighted by molar-refractivity contribution is -0.183. The molecule has 0 spiro atoms. The van der Waals surface area contributed by atoms with Crippen molar-refractivity contribution in [3.05, 3.63) is 0 Å². The Hall–Kier alpha value is -0.0800. The maximum atomic E-state index is 5.66. The molecular formula is C14H27NO. The summed E-state index contributed by atoms with van der Waals surface area (Å²) in [4.78, 5) is 0. The van der Waals surface area contributed by atoms with E-state index in [4.69, 9.17) is 4.74 Å². The molecule has 16 heavy (non-hydrogen) atoms. The van der Waals surface area contributed by atoms with Crippen LogP contribution in [0.3, 0.4) is 0 Å². The predicted octanol–water partition coefficient (Wildman–Crippen LogP) is 2.97. The summed E-state index contributed by atoms with van der Waals surface area (Å²) in [6, 6.07) is 1.24. The first-order chi connectivity index (χ1) is 7.25. The van der Waals surface area contributed by atoms with Gasteiger partial charge in [0.15, 0.2) is 0 Å². The van der Waals surface area contributed by atoms with E-state index >= 15 is 0 Å². The van der Waals surface area contributed by atoms with E-state index in [1.807, 2.05) is 7.11 Å². The third-order valence-corrected chi connectivity index (χ3v) is 5.81. The van der Waals surface area contributed by atoms with Crippen molar-refractivity contribution >= 4 is 0 Å². The van der Waals surface area contributed by atoms with Crippen LogP contribution in [0.15, 0.2) is 0 Å². The fourth-order valence-electron chi connectivity index (χ4n) is 2.89. The quantitative estimate of drug-likeness (QED) is 0.794. The van der Waals surface area contributed by atoms with E-state index in [0.717, 1.165) is 6.42 Å². The van der Waals surface area contributed by atoms with Gasteiger partial charge in [0.05, 0.1) is 5.60 Å². The van der Waals surface area contributed by atoms with Crippen LogP contribution in [-0.4, -0.2) is 24.8 Å². The molecule has 3 atom stereocenters. The lowest BCUT2D eigenvalue weighted by Crippen LogP contribution is -2.69. The first kappa shape index (κ1) is 12.4. The molecule has 0 radical (unpaired) electrons. The summed E-state index contributed by atoms with van der Waals surface area (Å²) in [6.45, 7) is 11.6. The van der Waals surface area contributed by atoms with Crippen LogP contribution in [0.5, 0.6) is 0 Å². The first-order valence-electron chi connectivity index (χ1n) is 6.56. The van der Waals surface area contributed by atoms with Crippen molar-refractivity contribution in [2.75, 3.05) is 7.11 Å². The first-order valence-corrected chi connectivity index (χ1v) is 6.56. The highest BCUT2D eigenvalue weighted by molar-refractivity contribution is 5.13. The Morgan fingerprint density at radius 2 is 1.75 bits per heavy atom. The largest absolute Gasteiger partial charge is 0.378 e. The summed E-state index contributed by atoms with van der Waals surface area (Å²) >= 11 is 0. The van der Waals surface area contributed by atoms with Crippen LogP contribution in [0.4, 0.5) is 0 Å². The topological polar surface area (TPSA) is 21.3 Å². The maximum absolute atomic E-state index is 5.66. The van der Waals surface area contributed by atoms with Gasteiger partial charge in [-0.1, -0.05) is 20.8 Å². The van der Waals surface area contributed by atoms with Gasteiger partial charge in [0.1, 0.15) is 0 Å². The van der Waals surface area contributed by atoms with Crippen molar-refractivity contribution in [2.45, 2.75) is 71.6 Å². The molecule has 0 aromatic heterocycles. The zero-order chi connectivity index (χ0) is 12.2. The Morgan fingerprint density at radius 3 is 2.12 bits per heavy atom. The molecule has 0 aliphatic heterocycles. The third-order valence-electron chi connectivity index (χ3n) is 5.81. The van der Waals surface area contributed by atoms with E-state index in [0.29, 0.717) is 17.5 Å². The number of nitrogens with one attached hydrogen (secondary N) is 1. The molecule has 0 amide bonds. The van der Waals surface area contributed by atoms with Gasteiger partial charge in [0.2, 0.25) is 0 Å². The molecule has 3 unspecified atom stereocenters. The van der Waals surface area contributed by atoms with Crippen molar-refractivity contribution in [3.63, 3.8) is 0 Å². The van der Waals surface area contributed by atoms with Crippen molar-refractivity contribution < 1.29 is 4.74 Å². The molecule has 2 aliphatic carbocycles. The molecule has 2 aliphatic rings. The summed E-state index contributed by atoms with van der Waals surface area (Å²) in [5.74, 6) is 0. The average Bonchev–Trinajstić information content (AvgIpc) is 2.96. The number of rotatable bonds is 4. The second-order valence-corrected chi connectivity index (χ2v) is 6.96. The smallest absolute Gasteiger partial charge is 0.0731 e. The summed E-state index contributed by atoms with van der Waals surface area (Å²) < 4.78 is 5.66. The van der Waals surface area contributed by atoms with Gasteiger partial charge in [0.25, 0.3) is 0 Å². The van der Waals surface area contributed by atoms with Gasteiger partial charge in [-0.2, -0.15) is 0 Å². The molecule has 2 fully saturated rings. The maximum Gasteiger partial charge on any atom is 0.0731 e. The van der Waals surface area contributed by atoms with Crippen molar-refractivity contribution in [3.8, 4) is 0 Å². The molecule has 0 saturated heterocycles. The lowest BCUT2D eigenvalue weighted by atomic mass is 9.55. The molecule has 2 saturated carbocycles. The van der Waals surface area contributed by atoms with Gasteiger partial charge >= 0.3 is 0 Å². The monoisotopic (exact) mass is 225 g/mol. The van der Waals surface area contributed by atoms with E-state index in [2.05, 4.69) is 39.9 Å². The van der Waals surface area contributed by atoms with Crippen molar-refractivity contribution in [1.82, 2.24) is 5.32 Å². The lowest BCUT2D eigenvalue weighted by Gasteiger charge is -2.60. The number of hydrogen-bond donors (Lipinski definition) is 1. The molecule has 0 heterocycles. The van der Waals surface area contributed by atoms with Crippen LogP contribution < -0.4 is 5.32 Å². The van der Waals surface area contributed by atoms with Crippen molar-refractivity contribution in [1.29, 1.82) is 0 Å². The van der Waals surface area contributed by atoms with E-state index < -0.39 is 0 Å². The van der Waals surface area contributed by atoms with E-state index in [-0.39, 0.29) is 11.0 Å².